The van der Waals surface area contributed by atoms with Gasteiger partial charge < -0.3 is 14.2 Å². The van der Waals surface area contributed by atoms with Crippen LogP contribution in [0.15, 0.2) is 30.3 Å². The Bertz CT molecular complexity index is 703. The van der Waals surface area contributed by atoms with Crippen LogP contribution in [0.2, 0.25) is 0 Å². The molecule has 146 valence electrons. The second-order valence-corrected chi connectivity index (χ2v) is 5.75. The van der Waals surface area contributed by atoms with Crippen molar-refractivity contribution in [2.24, 2.45) is 5.92 Å². The van der Waals surface area contributed by atoms with Gasteiger partial charge in [-0.25, -0.2) is 9.59 Å². The van der Waals surface area contributed by atoms with Crippen LogP contribution in [0.1, 0.15) is 32.4 Å². The molecule has 0 saturated carbocycles. The third-order valence-corrected chi connectivity index (χ3v) is 4.14. The molecule has 0 radical (unpaired) electrons. The van der Waals surface area contributed by atoms with E-state index < -0.39 is 41.8 Å². The summed E-state index contributed by atoms with van der Waals surface area (Å²) in [5.41, 5.74) is 0.517. The number of ketones is 1. The lowest BCUT2D eigenvalue weighted by atomic mass is 9.92. The number of rotatable bonds is 6. The van der Waals surface area contributed by atoms with Crippen molar-refractivity contribution in [1.82, 2.24) is 4.90 Å². The molecule has 1 amide bonds. The van der Waals surface area contributed by atoms with Crippen molar-refractivity contribution >= 4 is 23.8 Å². The normalized spacial score (nSPS) is 21.7. The first-order valence-electron chi connectivity index (χ1n) is 8.84. The molecule has 1 saturated heterocycles. The maximum absolute atomic E-state index is 13.0. The molecule has 1 aliphatic heterocycles. The van der Waals surface area contributed by atoms with Crippen LogP contribution < -0.4 is 0 Å². The first-order chi connectivity index (χ1) is 13.0. The highest BCUT2D eigenvalue weighted by Gasteiger charge is 2.58. The molecule has 1 aromatic rings. The second kappa shape index (κ2) is 9.16. The van der Waals surface area contributed by atoms with Crippen LogP contribution >= 0.6 is 0 Å². The number of carbonyl (C=O) groups excluding carboxylic acids is 4. The average molecular weight is 377 g/mol. The summed E-state index contributed by atoms with van der Waals surface area (Å²) in [7, 11) is 0. The standard InChI is InChI=1S/C19H23NO7/c1-4-25-17(22)13-14(12-10-8-7-9-11-12)20(19(24)27-6-3)15(16(13)21)18(23)26-5-2/h7-11,13-15H,4-6H2,1-3H3. The van der Waals surface area contributed by atoms with E-state index in [0.717, 1.165) is 4.90 Å². The molecule has 0 aliphatic carbocycles. The highest BCUT2D eigenvalue weighted by molar-refractivity contribution is 6.15. The SMILES string of the molecule is CCOC(=O)C1C(=O)C(C(=O)OCC)N(C(=O)OCC)C1c1ccccc1. The first-order valence-corrected chi connectivity index (χ1v) is 8.84. The molecule has 3 atom stereocenters. The number of ether oxygens (including phenoxy) is 3. The number of esters is 2. The van der Waals surface area contributed by atoms with Gasteiger partial charge in [0, 0.05) is 0 Å². The monoisotopic (exact) mass is 377 g/mol. The maximum atomic E-state index is 13.0. The Morgan fingerprint density at radius 2 is 1.44 bits per heavy atom. The molecule has 1 fully saturated rings. The lowest BCUT2D eigenvalue weighted by Gasteiger charge is -2.28. The molecule has 8 nitrogen and oxygen atoms in total. The predicted octanol–water partition coefficient (Wildman–Crippen LogP) is 1.88. The summed E-state index contributed by atoms with van der Waals surface area (Å²) in [5.74, 6) is -3.78. The third-order valence-electron chi connectivity index (χ3n) is 4.14. The third kappa shape index (κ3) is 4.10. The van der Waals surface area contributed by atoms with Gasteiger partial charge in [-0.15, -0.1) is 0 Å². The Hall–Kier alpha value is -2.90. The van der Waals surface area contributed by atoms with Crippen molar-refractivity contribution in [3.8, 4) is 0 Å². The predicted molar refractivity (Wildman–Crippen MR) is 93.6 cm³/mol. The van der Waals surface area contributed by atoms with E-state index in [1.165, 1.54) is 0 Å². The number of amides is 1. The lowest BCUT2D eigenvalue weighted by Crippen LogP contribution is -2.45. The highest BCUT2D eigenvalue weighted by Crippen LogP contribution is 2.40. The van der Waals surface area contributed by atoms with Crippen molar-refractivity contribution in [1.29, 1.82) is 0 Å². The number of likely N-dealkylation sites (tertiary alicyclic amines) is 1. The van der Waals surface area contributed by atoms with E-state index in [2.05, 4.69) is 0 Å². The Balaban J connectivity index is 2.58. The summed E-state index contributed by atoms with van der Waals surface area (Å²) in [6.07, 6.45) is -0.871. The van der Waals surface area contributed by atoms with E-state index in [9.17, 15) is 19.2 Å². The van der Waals surface area contributed by atoms with Gasteiger partial charge in [0.2, 0.25) is 0 Å². The van der Waals surface area contributed by atoms with Crippen molar-refractivity contribution in [3.63, 3.8) is 0 Å². The van der Waals surface area contributed by atoms with E-state index in [1.807, 2.05) is 0 Å². The zero-order chi connectivity index (χ0) is 20.0. The maximum Gasteiger partial charge on any atom is 0.411 e. The second-order valence-electron chi connectivity index (χ2n) is 5.75. The summed E-state index contributed by atoms with van der Waals surface area (Å²) in [4.78, 5) is 51.5. The van der Waals surface area contributed by atoms with E-state index in [-0.39, 0.29) is 19.8 Å². The van der Waals surface area contributed by atoms with Gasteiger partial charge in [0.1, 0.15) is 5.92 Å². The zero-order valence-corrected chi connectivity index (χ0v) is 15.5. The summed E-state index contributed by atoms with van der Waals surface area (Å²) in [5, 5.41) is 0. The lowest BCUT2D eigenvalue weighted by molar-refractivity contribution is -0.152. The molecular formula is C19H23NO7. The average Bonchev–Trinajstić information content (AvgIpc) is 2.96. The van der Waals surface area contributed by atoms with Crippen LogP contribution in [0.3, 0.4) is 0 Å². The fraction of sp³-hybridized carbons (Fsp3) is 0.474. The van der Waals surface area contributed by atoms with E-state index in [4.69, 9.17) is 14.2 Å². The van der Waals surface area contributed by atoms with Crippen LogP contribution in [0.25, 0.3) is 0 Å². The van der Waals surface area contributed by atoms with Crippen LogP contribution in [-0.2, 0) is 28.6 Å². The van der Waals surface area contributed by atoms with Gasteiger partial charge >= 0.3 is 18.0 Å². The number of hydrogen-bond donors (Lipinski definition) is 0. The highest BCUT2D eigenvalue weighted by atomic mass is 16.6. The van der Waals surface area contributed by atoms with Crippen molar-refractivity contribution in [3.05, 3.63) is 35.9 Å². The minimum atomic E-state index is -1.57. The van der Waals surface area contributed by atoms with Gasteiger partial charge in [-0.05, 0) is 26.3 Å². The fourth-order valence-electron chi connectivity index (χ4n) is 3.13. The van der Waals surface area contributed by atoms with E-state index >= 15 is 0 Å². The van der Waals surface area contributed by atoms with Crippen LogP contribution in [0, 0.1) is 5.92 Å². The topological polar surface area (TPSA) is 99.2 Å². The molecule has 0 N–H and O–H groups in total. The van der Waals surface area contributed by atoms with Crippen molar-refractivity contribution < 1.29 is 33.4 Å². The summed E-state index contributed by atoms with van der Waals surface area (Å²) in [6.45, 7) is 4.94. The van der Waals surface area contributed by atoms with Gasteiger partial charge in [-0.3, -0.25) is 14.5 Å². The molecule has 0 aromatic heterocycles. The molecule has 0 spiro atoms. The van der Waals surface area contributed by atoms with E-state index in [1.54, 1.807) is 51.1 Å². The molecule has 0 bridgehead atoms. The quantitative estimate of drug-likeness (QED) is 0.424. The number of carbonyl (C=O) groups is 4. The smallest absolute Gasteiger partial charge is 0.411 e. The number of nitrogens with zero attached hydrogens (tertiary/aromatic N) is 1. The molecule has 8 heteroatoms. The molecular weight excluding hydrogens is 354 g/mol. The minimum Gasteiger partial charge on any atom is -0.465 e. The minimum absolute atomic E-state index is 0.0271. The molecule has 1 aliphatic rings. The Kier molecular flexibility index (Phi) is 6.92. The van der Waals surface area contributed by atoms with Gasteiger partial charge in [-0.1, -0.05) is 30.3 Å². The van der Waals surface area contributed by atoms with Crippen LogP contribution in [0.4, 0.5) is 4.79 Å². The van der Waals surface area contributed by atoms with Crippen molar-refractivity contribution in [2.75, 3.05) is 19.8 Å². The van der Waals surface area contributed by atoms with E-state index in [0.29, 0.717) is 5.56 Å². The Morgan fingerprint density at radius 1 is 0.889 bits per heavy atom. The molecule has 2 rings (SSSR count). The zero-order valence-electron chi connectivity index (χ0n) is 15.5. The molecule has 1 aromatic carbocycles. The molecule has 1 heterocycles. The number of benzene rings is 1. The molecule has 3 unspecified atom stereocenters. The van der Waals surface area contributed by atoms with Gasteiger partial charge in [-0.2, -0.15) is 0 Å². The summed E-state index contributed by atoms with van der Waals surface area (Å²) >= 11 is 0. The Morgan fingerprint density at radius 3 is 2.00 bits per heavy atom. The summed E-state index contributed by atoms with van der Waals surface area (Å²) < 4.78 is 15.0. The number of hydrogen-bond acceptors (Lipinski definition) is 7. The summed E-state index contributed by atoms with van der Waals surface area (Å²) in [6, 6.07) is 5.94. The van der Waals surface area contributed by atoms with Crippen LogP contribution in [0.5, 0.6) is 0 Å². The first kappa shape index (κ1) is 20.4. The Labute approximate surface area is 157 Å². The van der Waals surface area contributed by atoms with Gasteiger partial charge in [0.25, 0.3) is 0 Å². The van der Waals surface area contributed by atoms with Gasteiger partial charge in [0.05, 0.1) is 25.9 Å². The van der Waals surface area contributed by atoms with Crippen molar-refractivity contribution in [2.45, 2.75) is 32.9 Å². The molecule has 27 heavy (non-hydrogen) atoms. The largest absolute Gasteiger partial charge is 0.465 e. The number of Topliss-reactive ketones (excluding diaryl/α,β-unsaturated/α-hetero) is 1. The van der Waals surface area contributed by atoms with Crippen LogP contribution in [-0.4, -0.2) is 54.6 Å². The van der Waals surface area contributed by atoms with Gasteiger partial charge in [0.15, 0.2) is 11.8 Å². The fourth-order valence-corrected chi connectivity index (χ4v) is 3.13.